The first-order valence-corrected chi connectivity index (χ1v) is 6.82. The van der Waals surface area contributed by atoms with Crippen LogP contribution in [0, 0.1) is 0 Å². The second-order valence-corrected chi connectivity index (χ2v) is 5.33. The summed E-state index contributed by atoms with van der Waals surface area (Å²) >= 11 is 3.44. The van der Waals surface area contributed by atoms with Gasteiger partial charge in [0.1, 0.15) is 0 Å². The molecule has 0 unspecified atom stereocenters. The third kappa shape index (κ3) is 2.56. The van der Waals surface area contributed by atoms with Gasteiger partial charge in [-0.3, -0.25) is 0 Å². The minimum absolute atomic E-state index is 0.781. The predicted molar refractivity (Wildman–Crippen MR) is 83.8 cm³/mol. The molecule has 0 bridgehead atoms. The highest BCUT2D eigenvalue weighted by Crippen LogP contribution is 2.26. The van der Waals surface area contributed by atoms with Gasteiger partial charge in [-0.2, -0.15) is 0 Å². The summed E-state index contributed by atoms with van der Waals surface area (Å²) in [7, 11) is 0. The summed E-state index contributed by atoms with van der Waals surface area (Å²) in [4.78, 5) is 3.43. The number of halogens is 1. The zero-order chi connectivity index (χ0) is 13.2. The summed E-state index contributed by atoms with van der Waals surface area (Å²) in [6.07, 6.45) is 0. The Hall–Kier alpha value is -2.00. The van der Waals surface area contributed by atoms with Crippen molar-refractivity contribution in [3.63, 3.8) is 0 Å². The molecule has 0 aliphatic heterocycles. The number of rotatable bonds is 2. The van der Waals surface area contributed by atoms with Crippen LogP contribution in [-0.2, 0) is 0 Å². The van der Waals surface area contributed by atoms with E-state index < -0.39 is 0 Å². The Morgan fingerprint density at radius 2 is 1.16 bits per heavy atom. The maximum atomic E-state index is 5.70. The summed E-state index contributed by atoms with van der Waals surface area (Å²) in [5, 5.41) is 0. The lowest BCUT2D eigenvalue weighted by atomic mass is 10.1. The van der Waals surface area contributed by atoms with E-state index in [4.69, 9.17) is 5.73 Å². The van der Waals surface area contributed by atoms with Gasteiger partial charge in [0.15, 0.2) is 0 Å². The highest BCUT2D eigenvalue weighted by atomic mass is 79.9. The van der Waals surface area contributed by atoms with Gasteiger partial charge >= 0.3 is 0 Å². The fourth-order valence-electron chi connectivity index (χ4n) is 2.02. The van der Waals surface area contributed by atoms with Crippen LogP contribution in [0.15, 0.2) is 65.1 Å². The van der Waals surface area contributed by atoms with E-state index in [1.54, 1.807) is 0 Å². The predicted octanol–water partition coefficient (Wildman–Crippen LogP) is 4.69. The van der Waals surface area contributed by atoms with Crippen LogP contribution in [0.3, 0.4) is 0 Å². The minimum atomic E-state index is 0.781. The molecule has 0 saturated heterocycles. The largest absolute Gasteiger partial charge is 0.399 e. The standard InChI is InChI=1S/C16H13BrN2/c17-13-5-1-11(2-6-13)15-9-10-16(19-15)12-3-7-14(18)8-4-12/h1-10,19H,18H2. The molecule has 3 heteroatoms. The van der Waals surface area contributed by atoms with Crippen LogP contribution in [0.2, 0.25) is 0 Å². The van der Waals surface area contributed by atoms with Crippen LogP contribution < -0.4 is 5.73 Å². The molecule has 0 saturated carbocycles. The van der Waals surface area contributed by atoms with Crippen LogP contribution in [0.1, 0.15) is 0 Å². The number of hydrogen-bond donors (Lipinski definition) is 2. The fraction of sp³-hybridized carbons (Fsp3) is 0. The molecule has 0 amide bonds. The van der Waals surface area contributed by atoms with E-state index in [1.807, 2.05) is 36.4 Å². The van der Waals surface area contributed by atoms with Gasteiger partial charge in [-0.25, -0.2) is 0 Å². The van der Waals surface area contributed by atoms with Crippen LogP contribution in [0.4, 0.5) is 5.69 Å². The fourth-order valence-corrected chi connectivity index (χ4v) is 2.29. The van der Waals surface area contributed by atoms with Crippen LogP contribution in [-0.4, -0.2) is 4.98 Å². The minimum Gasteiger partial charge on any atom is -0.399 e. The first-order chi connectivity index (χ1) is 9.22. The third-order valence-corrected chi connectivity index (χ3v) is 3.59. The average molecular weight is 313 g/mol. The van der Waals surface area contributed by atoms with Crippen LogP contribution >= 0.6 is 15.9 Å². The van der Waals surface area contributed by atoms with Crippen molar-refractivity contribution in [3.8, 4) is 22.5 Å². The number of hydrogen-bond acceptors (Lipinski definition) is 1. The summed E-state index contributed by atoms with van der Waals surface area (Å²) in [6.45, 7) is 0. The third-order valence-electron chi connectivity index (χ3n) is 3.06. The number of aromatic nitrogens is 1. The van der Waals surface area contributed by atoms with Crippen LogP contribution in [0.5, 0.6) is 0 Å². The van der Waals surface area contributed by atoms with E-state index >= 15 is 0 Å². The zero-order valence-electron chi connectivity index (χ0n) is 10.2. The Morgan fingerprint density at radius 3 is 1.68 bits per heavy atom. The molecule has 2 aromatic carbocycles. The molecular formula is C16H13BrN2. The molecule has 0 fully saturated rings. The van der Waals surface area contributed by atoms with Crippen molar-refractivity contribution >= 4 is 21.6 Å². The molecule has 1 heterocycles. The van der Waals surface area contributed by atoms with Crippen molar-refractivity contribution in [2.45, 2.75) is 0 Å². The van der Waals surface area contributed by atoms with E-state index in [0.717, 1.165) is 27.1 Å². The molecule has 0 spiro atoms. The van der Waals surface area contributed by atoms with Gasteiger partial charge < -0.3 is 10.7 Å². The second kappa shape index (κ2) is 4.94. The van der Waals surface area contributed by atoms with Crippen molar-refractivity contribution in [3.05, 3.63) is 65.1 Å². The van der Waals surface area contributed by atoms with E-state index in [-0.39, 0.29) is 0 Å². The number of benzene rings is 2. The number of aromatic amines is 1. The Labute approximate surface area is 120 Å². The molecule has 1 aromatic heterocycles. The highest BCUT2D eigenvalue weighted by molar-refractivity contribution is 9.10. The molecule has 3 aromatic rings. The summed E-state index contributed by atoms with van der Waals surface area (Å²) < 4.78 is 1.08. The molecule has 0 atom stereocenters. The Balaban J connectivity index is 1.95. The Kier molecular flexibility index (Phi) is 3.13. The second-order valence-electron chi connectivity index (χ2n) is 4.41. The van der Waals surface area contributed by atoms with E-state index in [2.05, 4.69) is 45.2 Å². The monoisotopic (exact) mass is 312 g/mol. The van der Waals surface area contributed by atoms with Crippen molar-refractivity contribution in [1.82, 2.24) is 4.98 Å². The van der Waals surface area contributed by atoms with Gasteiger partial charge in [0, 0.05) is 21.5 Å². The van der Waals surface area contributed by atoms with Gasteiger partial charge in [0.05, 0.1) is 0 Å². The summed E-state index contributed by atoms with van der Waals surface area (Å²) in [5.74, 6) is 0. The first kappa shape index (κ1) is 12.1. The lowest BCUT2D eigenvalue weighted by Crippen LogP contribution is -1.84. The van der Waals surface area contributed by atoms with Gasteiger partial charge in [0.25, 0.3) is 0 Å². The number of nitrogen functional groups attached to an aromatic ring is 1. The molecule has 0 aliphatic carbocycles. The maximum Gasteiger partial charge on any atom is 0.0458 e. The topological polar surface area (TPSA) is 41.8 Å². The maximum absolute atomic E-state index is 5.70. The molecular weight excluding hydrogens is 300 g/mol. The molecule has 19 heavy (non-hydrogen) atoms. The molecule has 3 rings (SSSR count). The van der Waals surface area contributed by atoms with Gasteiger partial charge in [-0.1, -0.05) is 40.2 Å². The van der Waals surface area contributed by atoms with Gasteiger partial charge in [-0.05, 0) is 47.5 Å². The SMILES string of the molecule is Nc1ccc(-c2ccc(-c3ccc(Br)cc3)[nH]2)cc1. The number of nitrogens with one attached hydrogen (secondary N) is 1. The molecule has 3 N–H and O–H groups in total. The Bertz CT molecular complexity index is 622. The normalized spacial score (nSPS) is 10.6. The lowest BCUT2D eigenvalue weighted by Gasteiger charge is -2.01. The van der Waals surface area contributed by atoms with Gasteiger partial charge in [0.2, 0.25) is 0 Å². The van der Waals surface area contributed by atoms with Crippen LogP contribution in [0.25, 0.3) is 22.5 Å². The van der Waals surface area contributed by atoms with Crippen molar-refractivity contribution in [2.75, 3.05) is 5.73 Å². The molecule has 2 nitrogen and oxygen atoms in total. The molecule has 94 valence electrons. The average Bonchev–Trinajstić information content (AvgIpc) is 2.90. The van der Waals surface area contributed by atoms with E-state index in [9.17, 15) is 0 Å². The smallest absolute Gasteiger partial charge is 0.0458 e. The summed E-state index contributed by atoms with van der Waals surface area (Å²) in [6, 6.07) is 20.3. The quantitative estimate of drug-likeness (QED) is 0.662. The Morgan fingerprint density at radius 1 is 0.684 bits per heavy atom. The zero-order valence-corrected chi connectivity index (χ0v) is 11.8. The first-order valence-electron chi connectivity index (χ1n) is 6.03. The highest BCUT2D eigenvalue weighted by Gasteiger charge is 2.03. The number of nitrogens with two attached hydrogens (primary N) is 1. The summed E-state index contributed by atoms with van der Waals surface area (Å²) in [5.41, 5.74) is 11.0. The molecule has 0 aliphatic rings. The van der Waals surface area contributed by atoms with Crippen molar-refractivity contribution in [1.29, 1.82) is 0 Å². The van der Waals surface area contributed by atoms with E-state index in [0.29, 0.717) is 0 Å². The lowest BCUT2D eigenvalue weighted by molar-refractivity contribution is 1.39. The number of anilines is 1. The van der Waals surface area contributed by atoms with Crippen molar-refractivity contribution < 1.29 is 0 Å². The number of H-pyrrole nitrogens is 1. The molecule has 0 radical (unpaired) electrons. The van der Waals surface area contributed by atoms with E-state index in [1.165, 1.54) is 5.56 Å². The van der Waals surface area contributed by atoms with Crippen molar-refractivity contribution in [2.24, 2.45) is 0 Å². The van der Waals surface area contributed by atoms with Gasteiger partial charge in [-0.15, -0.1) is 0 Å².